The van der Waals surface area contributed by atoms with E-state index < -0.39 is 0 Å². The average molecular weight is 214 g/mol. The van der Waals surface area contributed by atoms with E-state index in [9.17, 15) is 4.79 Å². The smallest absolute Gasteiger partial charge is 0.271 e. The van der Waals surface area contributed by atoms with Gasteiger partial charge in [0.25, 0.3) is 5.91 Å². The third-order valence-electron chi connectivity index (χ3n) is 2.38. The molecule has 1 aromatic heterocycles. The Balaban J connectivity index is 2.04. The number of piperidine rings is 1. The topological polar surface area (TPSA) is 49.0 Å². The van der Waals surface area contributed by atoms with Crippen molar-refractivity contribution in [2.24, 2.45) is 0 Å². The third kappa shape index (κ3) is 1.90. The van der Waals surface area contributed by atoms with Crippen molar-refractivity contribution in [3.63, 3.8) is 0 Å². The molecular formula is C9H12ClN3O. The van der Waals surface area contributed by atoms with Crippen LogP contribution in [0, 0.1) is 0 Å². The second-order valence-electron chi connectivity index (χ2n) is 3.46. The van der Waals surface area contributed by atoms with Gasteiger partial charge in [0.15, 0.2) is 0 Å². The molecule has 1 unspecified atom stereocenters. The highest BCUT2D eigenvalue weighted by molar-refractivity contribution is 6.21. The van der Waals surface area contributed by atoms with Gasteiger partial charge in [0.1, 0.15) is 5.69 Å². The molecule has 2 heterocycles. The zero-order valence-electron chi connectivity index (χ0n) is 7.74. The van der Waals surface area contributed by atoms with E-state index in [4.69, 9.17) is 11.6 Å². The van der Waals surface area contributed by atoms with Crippen molar-refractivity contribution < 1.29 is 4.79 Å². The Labute approximate surface area is 87.2 Å². The van der Waals surface area contributed by atoms with E-state index in [0.717, 1.165) is 19.4 Å². The van der Waals surface area contributed by atoms with Crippen LogP contribution in [0.2, 0.25) is 0 Å². The summed E-state index contributed by atoms with van der Waals surface area (Å²) < 4.78 is 0. The summed E-state index contributed by atoms with van der Waals surface area (Å²) in [6.07, 6.45) is 3.55. The minimum Gasteiger partial charge on any atom is -0.336 e. The Morgan fingerprint density at radius 3 is 3.21 bits per heavy atom. The molecule has 0 bridgehead atoms. The molecule has 1 saturated heterocycles. The summed E-state index contributed by atoms with van der Waals surface area (Å²) in [6, 6.07) is 1.68. The Kier molecular flexibility index (Phi) is 2.72. The van der Waals surface area contributed by atoms with Gasteiger partial charge in [-0.1, -0.05) is 0 Å². The molecule has 1 amide bonds. The number of hydrogen-bond donors (Lipinski definition) is 1. The quantitative estimate of drug-likeness (QED) is 0.714. The van der Waals surface area contributed by atoms with Crippen molar-refractivity contribution in [1.82, 2.24) is 15.1 Å². The number of carbonyl (C=O) groups is 1. The number of rotatable bonds is 1. The second-order valence-corrected chi connectivity index (χ2v) is 4.08. The largest absolute Gasteiger partial charge is 0.336 e. The van der Waals surface area contributed by atoms with Crippen molar-refractivity contribution in [2.75, 3.05) is 13.1 Å². The van der Waals surface area contributed by atoms with Crippen LogP contribution in [0.5, 0.6) is 0 Å². The molecule has 1 atom stereocenters. The number of aromatic amines is 1. The van der Waals surface area contributed by atoms with E-state index in [0.29, 0.717) is 12.2 Å². The first kappa shape index (κ1) is 9.52. The SMILES string of the molecule is O=C(c1ccn[nH]1)N1CCCC(Cl)C1. The molecule has 76 valence electrons. The number of alkyl halides is 1. The highest BCUT2D eigenvalue weighted by atomic mass is 35.5. The molecule has 1 aliphatic heterocycles. The Bertz CT molecular complexity index is 312. The predicted octanol–water partition coefficient (Wildman–Crippen LogP) is 1.25. The van der Waals surface area contributed by atoms with Crippen LogP contribution in [0.15, 0.2) is 12.3 Å². The van der Waals surface area contributed by atoms with Crippen LogP contribution in [-0.4, -0.2) is 39.5 Å². The molecule has 0 aromatic carbocycles. The van der Waals surface area contributed by atoms with Crippen molar-refractivity contribution in [2.45, 2.75) is 18.2 Å². The van der Waals surface area contributed by atoms with Gasteiger partial charge in [-0.3, -0.25) is 9.89 Å². The van der Waals surface area contributed by atoms with Gasteiger partial charge in [0.05, 0.1) is 5.38 Å². The number of amides is 1. The molecule has 0 aliphatic carbocycles. The van der Waals surface area contributed by atoms with Crippen LogP contribution in [0.25, 0.3) is 0 Å². The van der Waals surface area contributed by atoms with Gasteiger partial charge in [0.2, 0.25) is 0 Å². The fraction of sp³-hybridized carbons (Fsp3) is 0.556. The van der Waals surface area contributed by atoms with Gasteiger partial charge >= 0.3 is 0 Å². The van der Waals surface area contributed by atoms with Crippen molar-refractivity contribution in [3.05, 3.63) is 18.0 Å². The standard InChI is InChI=1S/C9H12ClN3O/c10-7-2-1-5-13(6-7)9(14)8-3-4-11-12-8/h3-4,7H,1-2,5-6H2,(H,11,12). The monoisotopic (exact) mass is 213 g/mol. The third-order valence-corrected chi connectivity index (χ3v) is 2.74. The van der Waals surface area contributed by atoms with E-state index in [1.54, 1.807) is 17.2 Å². The highest BCUT2D eigenvalue weighted by Gasteiger charge is 2.23. The maximum absolute atomic E-state index is 11.8. The summed E-state index contributed by atoms with van der Waals surface area (Å²) in [5.41, 5.74) is 0.538. The fourth-order valence-electron chi connectivity index (χ4n) is 1.66. The maximum Gasteiger partial charge on any atom is 0.271 e. The van der Waals surface area contributed by atoms with Gasteiger partial charge in [0, 0.05) is 19.3 Å². The Morgan fingerprint density at radius 2 is 2.57 bits per heavy atom. The summed E-state index contributed by atoms with van der Waals surface area (Å²) in [5.74, 6) is -0.00662. The lowest BCUT2D eigenvalue weighted by Gasteiger charge is -2.29. The number of halogens is 1. The molecule has 1 fully saturated rings. The summed E-state index contributed by atoms with van der Waals surface area (Å²) >= 11 is 6.00. The lowest BCUT2D eigenvalue weighted by Crippen LogP contribution is -2.40. The molecule has 0 spiro atoms. The van der Waals surface area contributed by atoms with Crippen molar-refractivity contribution >= 4 is 17.5 Å². The first-order chi connectivity index (χ1) is 6.77. The van der Waals surface area contributed by atoms with Crippen LogP contribution < -0.4 is 0 Å². The van der Waals surface area contributed by atoms with E-state index in [-0.39, 0.29) is 11.3 Å². The molecular weight excluding hydrogens is 202 g/mol. The number of likely N-dealkylation sites (tertiary alicyclic amines) is 1. The van der Waals surface area contributed by atoms with Gasteiger partial charge in [-0.15, -0.1) is 11.6 Å². The Morgan fingerprint density at radius 1 is 1.71 bits per heavy atom. The number of nitrogens with one attached hydrogen (secondary N) is 1. The van der Waals surface area contributed by atoms with Crippen LogP contribution in [0.1, 0.15) is 23.3 Å². The van der Waals surface area contributed by atoms with E-state index in [1.165, 1.54) is 0 Å². The number of nitrogens with zero attached hydrogens (tertiary/aromatic N) is 2. The normalized spacial score (nSPS) is 22.4. The summed E-state index contributed by atoms with van der Waals surface area (Å²) in [7, 11) is 0. The summed E-state index contributed by atoms with van der Waals surface area (Å²) in [4.78, 5) is 13.6. The molecule has 4 nitrogen and oxygen atoms in total. The first-order valence-corrected chi connectivity index (χ1v) is 5.14. The van der Waals surface area contributed by atoms with Crippen molar-refractivity contribution in [1.29, 1.82) is 0 Å². The lowest BCUT2D eigenvalue weighted by molar-refractivity contribution is 0.0721. The van der Waals surface area contributed by atoms with Gasteiger partial charge in [-0.05, 0) is 18.9 Å². The average Bonchev–Trinajstić information content (AvgIpc) is 2.69. The van der Waals surface area contributed by atoms with Gasteiger partial charge in [-0.25, -0.2) is 0 Å². The minimum absolute atomic E-state index is 0.00662. The van der Waals surface area contributed by atoms with Crippen LogP contribution >= 0.6 is 11.6 Å². The Hall–Kier alpha value is -1.03. The molecule has 1 aliphatic rings. The number of carbonyl (C=O) groups excluding carboxylic acids is 1. The van der Waals surface area contributed by atoms with Crippen LogP contribution in [0.4, 0.5) is 0 Å². The van der Waals surface area contributed by atoms with Crippen molar-refractivity contribution in [3.8, 4) is 0 Å². The predicted molar refractivity (Wildman–Crippen MR) is 53.4 cm³/mol. The first-order valence-electron chi connectivity index (χ1n) is 4.70. The molecule has 1 aromatic rings. The molecule has 14 heavy (non-hydrogen) atoms. The maximum atomic E-state index is 11.8. The molecule has 0 saturated carbocycles. The van der Waals surface area contributed by atoms with E-state index in [2.05, 4.69) is 10.2 Å². The van der Waals surface area contributed by atoms with E-state index >= 15 is 0 Å². The lowest BCUT2D eigenvalue weighted by atomic mass is 10.1. The number of H-pyrrole nitrogens is 1. The zero-order chi connectivity index (χ0) is 9.97. The van der Waals surface area contributed by atoms with Gasteiger partial charge in [-0.2, -0.15) is 5.10 Å². The second kappa shape index (κ2) is 4.00. The molecule has 1 N–H and O–H groups in total. The minimum atomic E-state index is -0.00662. The number of aromatic nitrogens is 2. The van der Waals surface area contributed by atoms with E-state index in [1.807, 2.05) is 0 Å². The van der Waals surface area contributed by atoms with Crippen LogP contribution in [0.3, 0.4) is 0 Å². The van der Waals surface area contributed by atoms with Crippen LogP contribution in [-0.2, 0) is 0 Å². The molecule has 5 heteroatoms. The fourth-order valence-corrected chi connectivity index (χ4v) is 1.98. The summed E-state index contributed by atoms with van der Waals surface area (Å²) in [6.45, 7) is 1.43. The van der Waals surface area contributed by atoms with Gasteiger partial charge < -0.3 is 4.90 Å². The molecule has 0 radical (unpaired) electrons. The summed E-state index contributed by atoms with van der Waals surface area (Å²) in [5, 5.41) is 6.51. The zero-order valence-corrected chi connectivity index (χ0v) is 8.50. The molecule has 2 rings (SSSR count). The number of hydrogen-bond acceptors (Lipinski definition) is 2. The highest BCUT2D eigenvalue weighted by Crippen LogP contribution is 2.16.